The lowest BCUT2D eigenvalue weighted by atomic mass is 10.2. The molecule has 0 nitrogen and oxygen atoms in total. The molecule has 0 aromatic heterocycles. The Kier molecular flexibility index (Phi) is 11.0. The van der Waals surface area contributed by atoms with E-state index in [1.54, 1.807) is 6.08 Å². The molecule has 0 spiro atoms. The maximum Gasteiger partial charge on any atom is -0.0102 e. The average Bonchev–Trinajstić information content (AvgIpc) is 2.26. The molecule has 0 saturated heterocycles. The van der Waals surface area contributed by atoms with Gasteiger partial charge >= 0.3 is 0 Å². The molecule has 0 aromatic rings. The highest BCUT2D eigenvalue weighted by Gasteiger charge is 1.74. The molecule has 0 aliphatic heterocycles. The smallest absolute Gasteiger partial charge is 0.0102 e. The fourth-order valence-electron chi connectivity index (χ4n) is 0.839. The van der Waals surface area contributed by atoms with Crippen LogP contribution in [0.1, 0.15) is 33.1 Å². The third-order valence-corrected chi connectivity index (χ3v) is 1.61. The molecule has 0 rings (SSSR count). The van der Waals surface area contributed by atoms with Gasteiger partial charge in [-0.05, 0) is 37.3 Å². The van der Waals surface area contributed by atoms with Gasteiger partial charge in [-0.25, -0.2) is 0 Å². The van der Waals surface area contributed by atoms with E-state index in [4.69, 9.17) is 0 Å². The molecule has 0 unspecified atom stereocenters. The van der Waals surface area contributed by atoms with E-state index in [1.165, 1.54) is 12.8 Å². The minimum absolute atomic E-state index is 1.15. The Bertz CT molecular complexity index is 332. The Hall–Kier alpha value is -1.66. The minimum atomic E-state index is 1.15. The average molecular weight is 198 g/mol. The summed E-state index contributed by atoms with van der Waals surface area (Å²) in [5.74, 6) is 11.1. The van der Waals surface area contributed by atoms with Crippen molar-refractivity contribution >= 4 is 0 Å². The van der Waals surface area contributed by atoms with Gasteiger partial charge in [-0.3, -0.25) is 0 Å². The summed E-state index contributed by atoms with van der Waals surface area (Å²) in [6, 6.07) is 0. The molecular formula is C15H18. The summed E-state index contributed by atoms with van der Waals surface area (Å²) in [6.45, 7) is 4.13. The zero-order valence-electron chi connectivity index (χ0n) is 9.59. The van der Waals surface area contributed by atoms with Crippen LogP contribution in [0.4, 0.5) is 0 Å². The molecule has 15 heavy (non-hydrogen) atoms. The van der Waals surface area contributed by atoms with Gasteiger partial charge in [0.15, 0.2) is 0 Å². The van der Waals surface area contributed by atoms with Gasteiger partial charge in [-0.1, -0.05) is 55.9 Å². The lowest BCUT2D eigenvalue weighted by molar-refractivity contribution is 0.815. The summed E-state index contributed by atoms with van der Waals surface area (Å²) in [7, 11) is 0. The lowest BCUT2D eigenvalue weighted by Gasteiger charge is -1.84. The fourth-order valence-corrected chi connectivity index (χ4v) is 0.839. The van der Waals surface area contributed by atoms with Gasteiger partial charge in [0, 0.05) is 0 Å². The second-order valence-corrected chi connectivity index (χ2v) is 2.97. The van der Waals surface area contributed by atoms with Gasteiger partial charge in [0.25, 0.3) is 0 Å². The zero-order valence-corrected chi connectivity index (χ0v) is 9.59. The van der Waals surface area contributed by atoms with Crippen LogP contribution in [0.5, 0.6) is 0 Å². The minimum Gasteiger partial charge on any atom is -0.0845 e. The highest BCUT2D eigenvalue weighted by molar-refractivity contribution is 5.34. The number of unbranched alkanes of at least 4 members (excludes halogenated alkanes) is 2. The van der Waals surface area contributed by atoms with Crippen LogP contribution >= 0.6 is 0 Å². The highest BCUT2D eigenvalue weighted by atomic mass is 13.8. The van der Waals surface area contributed by atoms with E-state index in [9.17, 15) is 0 Å². The normalized spacial score (nSPS) is 10.3. The lowest BCUT2D eigenvalue weighted by Crippen LogP contribution is -1.64. The van der Waals surface area contributed by atoms with E-state index < -0.39 is 0 Å². The topological polar surface area (TPSA) is 0 Å². The van der Waals surface area contributed by atoms with Gasteiger partial charge in [0.2, 0.25) is 0 Å². The fraction of sp³-hybridized carbons (Fsp3) is 0.333. The highest BCUT2D eigenvalue weighted by Crippen LogP contribution is 1.94. The standard InChI is InChI=1S/C15H18/c1-3-5-7-9-11-13-15-14-12-10-8-6-4-2/h3,5,10,12,14-15H,4,6,8H2,1-2H3. The second-order valence-electron chi connectivity index (χ2n) is 2.97. The van der Waals surface area contributed by atoms with Crippen LogP contribution in [-0.4, -0.2) is 0 Å². The van der Waals surface area contributed by atoms with Crippen LogP contribution in [0, 0.1) is 23.7 Å². The Labute approximate surface area is 93.8 Å². The predicted molar refractivity (Wildman–Crippen MR) is 68.2 cm³/mol. The van der Waals surface area contributed by atoms with Crippen molar-refractivity contribution in [1.82, 2.24) is 0 Å². The van der Waals surface area contributed by atoms with Crippen molar-refractivity contribution in [3.05, 3.63) is 36.5 Å². The van der Waals surface area contributed by atoms with Crippen molar-refractivity contribution in [2.75, 3.05) is 0 Å². The summed E-state index contributed by atoms with van der Waals surface area (Å²) < 4.78 is 0. The first kappa shape index (κ1) is 13.3. The van der Waals surface area contributed by atoms with E-state index in [1.807, 2.05) is 31.2 Å². The Balaban J connectivity index is 3.71. The molecule has 0 saturated carbocycles. The predicted octanol–water partition coefficient (Wildman–Crippen LogP) is 3.87. The van der Waals surface area contributed by atoms with E-state index in [0.717, 1.165) is 6.42 Å². The molecule has 0 N–H and O–H groups in total. The van der Waals surface area contributed by atoms with Crippen molar-refractivity contribution in [3.63, 3.8) is 0 Å². The number of rotatable bonds is 4. The summed E-state index contributed by atoms with van der Waals surface area (Å²) >= 11 is 0. The molecule has 0 aliphatic rings. The van der Waals surface area contributed by atoms with E-state index in [0.29, 0.717) is 0 Å². The first-order chi connectivity index (χ1) is 7.41. The van der Waals surface area contributed by atoms with Gasteiger partial charge < -0.3 is 0 Å². The summed E-state index contributed by atoms with van der Waals surface area (Å²) in [5.41, 5.74) is 0. The largest absolute Gasteiger partial charge is 0.0845 e. The van der Waals surface area contributed by atoms with Crippen LogP contribution in [0.3, 0.4) is 0 Å². The Morgan fingerprint density at radius 2 is 1.73 bits per heavy atom. The maximum absolute atomic E-state index is 2.85. The summed E-state index contributed by atoms with van der Waals surface area (Å²) in [6.07, 6.45) is 15.3. The van der Waals surface area contributed by atoms with E-state index >= 15 is 0 Å². The molecule has 0 fully saturated rings. The summed E-state index contributed by atoms with van der Waals surface area (Å²) in [5, 5.41) is 0. The number of allylic oxidation sites excluding steroid dienone is 6. The number of hydrogen-bond acceptors (Lipinski definition) is 0. The van der Waals surface area contributed by atoms with Crippen molar-refractivity contribution in [2.45, 2.75) is 33.1 Å². The van der Waals surface area contributed by atoms with Crippen molar-refractivity contribution < 1.29 is 0 Å². The third kappa shape index (κ3) is 12.3. The van der Waals surface area contributed by atoms with Crippen LogP contribution in [0.2, 0.25) is 0 Å². The first-order valence-electron chi connectivity index (χ1n) is 5.35. The van der Waals surface area contributed by atoms with Gasteiger partial charge in [0.05, 0.1) is 0 Å². The number of hydrogen-bond donors (Lipinski definition) is 0. The molecular weight excluding hydrogens is 180 g/mol. The molecule has 78 valence electrons. The second kappa shape index (κ2) is 12.3. The van der Waals surface area contributed by atoms with Gasteiger partial charge in [-0.15, -0.1) is 0 Å². The van der Waals surface area contributed by atoms with Crippen molar-refractivity contribution in [2.24, 2.45) is 0 Å². The molecule has 0 aliphatic carbocycles. The van der Waals surface area contributed by atoms with Crippen molar-refractivity contribution in [3.8, 4) is 23.7 Å². The van der Waals surface area contributed by atoms with Crippen LogP contribution in [-0.2, 0) is 0 Å². The van der Waals surface area contributed by atoms with Crippen LogP contribution < -0.4 is 0 Å². The monoisotopic (exact) mass is 198 g/mol. The molecule has 0 aromatic carbocycles. The van der Waals surface area contributed by atoms with Crippen LogP contribution in [0.15, 0.2) is 36.5 Å². The Morgan fingerprint density at radius 3 is 2.40 bits per heavy atom. The molecule has 0 heteroatoms. The van der Waals surface area contributed by atoms with Crippen molar-refractivity contribution in [1.29, 1.82) is 0 Å². The third-order valence-electron chi connectivity index (χ3n) is 1.61. The zero-order chi connectivity index (χ0) is 11.2. The molecule has 0 radical (unpaired) electrons. The van der Waals surface area contributed by atoms with E-state index in [2.05, 4.69) is 36.7 Å². The quantitative estimate of drug-likeness (QED) is 0.365. The SMILES string of the molecule is CC=CC#CC#CC=CC=CCCCC. The maximum atomic E-state index is 2.85. The van der Waals surface area contributed by atoms with Gasteiger partial charge in [0.1, 0.15) is 0 Å². The first-order valence-corrected chi connectivity index (χ1v) is 5.35. The van der Waals surface area contributed by atoms with E-state index in [-0.39, 0.29) is 0 Å². The molecule has 0 bridgehead atoms. The molecule has 0 heterocycles. The van der Waals surface area contributed by atoms with Gasteiger partial charge in [-0.2, -0.15) is 0 Å². The Morgan fingerprint density at radius 1 is 1.00 bits per heavy atom. The van der Waals surface area contributed by atoms with Crippen LogP contribution in [0.25, 0.3) is 0 Å². The summed E-state index contributed by atoms with van der Waals surface area (Å²) in [4.78, 5) is 0. The molecule has 0 amide bonds. The molecule has 0 atom stereocenters.